The van der Waals surface area contributed by atoms with Gasteiger partial charge in [-0.1, -0.05) is 0 Å². The monoisotopic (exact) mass is 271 g/mol. The maximum atomic E-state index is 11.9. The maximum Gasteiger partial charge on any atom is 0.164 e. The number of benzene rings is 1. The number of nitrogens with zero attached hydrogens (tertiary/aromatic N) is 1. The Morgan fingerprint density at radius 1 is 1.22 bits per heavy atom. The smallest absolute Gasteiger partial charge is 0.164 e. The lowest BCUT2D eigenvalue weighted by atomic mass is 10.1. The maximum absolute atomic E-state index is 11.9. The Morgan fingerprint density at radius 3 is 2.56 bits per heavy atom. The van der Waals surface area contributed by atoms with Gasteiger partial charge in [0.1, 0.15) is 13.2 Å². The van der Waals surface area contributed by atoms with Gasteiger partial charge in [0.2, 0.25) is 0 Å². The summed E-state index contributed by atoms with van der Waals surface area (Å²) in [6, 6.07) is 5.37. The molecule has 0 unspecified atom stereocenters. The average Bonchev–Trinajstić information content (AvgIpc) is 2.35. The molecule has 1 heterocycles. The standard InChI is InChI=1S/C13H17NO3.ClH/c1-14(2)6-5-11(15)10-3-4-12-13(9-10)17-8-7-16-12;/h3-4,9H,5-8H2,1-2H3;1H. The van der Waals surface area contributed by atoms with Gasteiger partial charge in [-0.15, -0.1) is 12.4 Å². The molecule has 1 aromatic carbocycles. The fraction of sp³-hybridized carbons (Fsp3) is 0.462. The number of rotatable bonds is 4. The van der Waals surface area contributed by atoms with E-state index in [-0.39, 0.29) is 18.2 Å². The summed E-state index contributed by atoms with van der Waals surface area (Å²) in [5.74, 6) is 1.53. The summed E-state index contributed by atoms with van der Waals surface area (Å²) in [7, 11) is 3.91. The highest BCUT2D eigenvalue weighted by molar-refractivity contribution is 5.96. The minimum Gasteiger partial charge on any atom is -0.486 e. The van der Waals surface area contributed by atoms with Crippen molar-refractivity contribution in [2.45, 2.75) is 6.42 Å². The molecule has 18 heavy (non-hydrogen) atoms. The first-order valence-electron chi connectivity index (χ1n) is 5.74. The van der Waals surface area contributed by atoms with Gasteiger partial charge < -0.3 is 14.4 Å². The molecule has 1 aliphatic heterocycles. The average molecular weight is 272 g/mol. The van der Waals surface area contributed by atoms with Gasteiger partial charge in [-0.3, -0.25) is 4.79 Å². The number of carbonyl (C=O) groups excluding carboxylic acids is 1. The first-order valence-corrected chi connectivity index (χ1v) is 5.74. The Kier molecular flexibility index (Phi) is 5.44. The van der Waals surface area contributed by atoms with E-state index in [2.05, 4.69) is 0 Å². The third kappa shape index (κ3) is 3.62. The van der Waals surface area contributed by atoms with E-state index in [4.69, 9.17) is 9.47 Å². The van der Waals surface area contributed by atoms with Crippen LogP contribution in [0.1, 0.15) is 16.8 Å². The summed E-state index contributed by atoms with van der Waals surface area (Å²) >= 11 is 0. The van der Waals surface area contributed by atoms with Gasteiger partial charge in [-0.05, 0) is 32.3 Å². The highest BCUT2D eigenvalue weighted by Crippen LogP contribution is 2.31. The molecule has 0 saturated heterocycles. The fourth-order valence-corrected chi connectivity index (χ4v) is 1.69. The van der Waals surface area contributed by atoms with Gasteiger partial charge in [0.25, 0.3) is 0 Å². The summed E-state index contributed by atoms with van der Waals surface area (Å²) < 4.78 is 10.9. The normalized spacial score (nSPS) is 13.1. The summed E-state index contributed by atoms with van der Waals surface area (Å²) in [6.45, 7) is 1.87. The Hall–Kier alpha value is -1.26. The molecule has 0 spiro atoms. The van der Waals surface area contributed by atoms with Crippen molar-refractivity contribution in [3.8, 4) is 11.5 Å². The number of Topliss-reactive ketones (excluding diaryl/α,β-unsaturated/α-hetero) is 1. The molecule has 1 aliphatic rings. The van der Waals surface area contributed by atoms with E-state index in [1.54, 1.807) is 18.2 Å². The van der Waals surface area contributed by atoms with Gasteiger partial charge in [0, 0.05) is 18.5 Å². The van der Waals surface area contributed by atoms with Crippen molar-refractivity contribution in [2.24, 2.45) is 0 Å². The van der Waals surface area contributed by atoms with Crippen molar-refractivity contribution in [3.63, 3.8) is 0 Å². The largest absolute Gasteiger partial charge is 0.486 e. The lowest BCUT2D eigenvalue weighted by molar-refractivity contribution is 0.0971. The highest BCUT2D eigenvalue weighted by Gasteiger charge is 2.14. The second-order valence-corrected chi connectivity index (χ2v) is 4.33. The number of hydrogen-bond acceptors (Lipinski definition) is 4. The van der Waals surface area contributed by atoms with Gasteiger partial charge in [0.05, 0.1) is 0 Å². The minimum absolute atomic E-state index is 0. The predicted octanol–water partition coefficient (Wildman–Crippen LogP) is 2.01. The van der Waals surface area contributed by atoms with Crippen molar-refractivity contribution in [1.29, 1.82) is 0 Å². The Balaban J connectivity index is 0.00000162. The molecule has 0 saturated carbocycles. The molecule has 0 amide bonds. The van der Waals surface area contributed by atoms with E-state index >= 15 is 0 Å². The van der Waals surface area contributed by atoms with Crippen LogP contribution in [0.4, 0.5) is 0 Å². The SMILES string of the molecule is CN(C)CCC(=O)c1ccc2c(c1)OCCO2.Cl. The predicted molar refractivity (Wildman–Crippen MR) is 72.2 cm³/mol. The van der Waals surface area contributed by atoms with Crippen molar-refractivity contribution in [3.05, 3.63) is 23.8 Å². The molecule has 0 atom stereocenters. The summed E-state index contributed by atoms with van der Waals surface area (Å²) in [4.78, 5) is 13.9. The molecule has 0 fully saturated rings. The van der Waals surface area contributed by atoms with E-state index in [0.29, 0.717) is 30.9 Å². The van der Waals surface area contributed by atoms with Gasteiger partial charge in [-0.25, -0.2) is 0 Å². The molecule has 2 rings (SSSR count). The van der Waals surface area contributed by atoms with E-state index < -0.39 is 0 Å². The molecule has 0 N–H and O–H groups in total. The number of hydrogen-bond donors (Lipinski definition) is 0. The van der Waals surface area contributed by atoms with Gasteiger partial charge >= 0.3 is 0 Å². The van der Waals surface area contributed by atoms with E-state index in [0.717, 1.165) is 12.3 Å². The van der Waals surface area contributed by atoms with Gasteiger partial charge in [-0.2, -0.15) is 0 Å². The van der Waals surface area contributed by atoms with Crippen molar-refractivity contribution in [2.75, 3.05) is 33.9 Å². The first-order chi connectivity index (χ1) is 8.16. The molecule has 0 radical (unpaired) electrons. The Labute approximate surface area is 113 Å². The van der Waals surface area contributed by atoms with Crippen LogP contribution in [0, 0.1) is 0 Å². The minimum atomic E-state index is 0. The van der Waals surface area contributed by atoms with Crippen LogP contribution in [0.15, 0.2) is 18.2 Å². The van der Waals surface area contributed by atoms with E-state index in [1.807, 2.05) is 19.0 Å². The molecular weight excluding hydrogens is 254 g/mol. The van der Waals surface area contributed by atoms with E-state index in [1.165, 1.54) is 0 Å². The van der Waals surface area contributed by atoms with Crippen LogP contribution in [0.3, 0.4) is 0 Å². The molecule has 100 valence electrons. The molecular formula is C13H18ClNO3. The molecule has 1 aromatic rings. The summed E-state index contributed by atoms with van der Waals surface area (Å²) in [5.41, 5.74) is 0.691. The second kappa shape index (κ2) is 6.61. The third-order valence-electron chi connectivity index (χ3n) is 2.65. The lowest BCUT2D eigenvalue weighted by Gasteiger charge is -2.18. The number of carbonyl (C=O) groups is 1. The Morgan fingerprint density at radius 2 is 1.89 bits per heavy atom. The Bertz CT molecular complexity index is 421. The molecule has 0 aliphatic carbocycles. The van der Waals surface area contributed by atoms with Gasteiger partial charge in [0.15, 0.2) is 17.3 Å². The number of ether oxygens (including phenoxy) is 2. The quantitative estimate of drug-likeness (QED) is 0.786. The van der Waals surface area contributed by atoms with Crippen LogP contribution < -0.4 is 9.47 Å². The first kappa shape index (κ1) is 14.8. The lowest BCUT2D eigenvalue weighted by Crippen LogP contribution is -2.18. The van der Waals surface area contributed by atoms with Crippen LogP contribution in [0.2, 0.25) is 0 Å². The van der Waals surface area contributed by atoms with Crippen LogP contribution in [0.5, 0.6) is 11.5 Å². The third-order valence-corrected chi connectivity index (χ3v) is 2.65. The van der Waals surface area contributed by atoms with Crippen LogP contribution >= 0.6 is 12.4 Å². The zero-order chi connectivity index (χ0) is 12.3. The number of halogens is 1. The fourth-order valence-electron chi connectivity index (χ4n) is 1.69. The molecule has 5 heteroatoms. The van der Waals surface area contributed by atoms with Crippen LogP contribution in [0.25, 0.3) is 0 Å². The highest BCUT2D eigenvalue weighted by atomic mass is 35.5. The zero-order valence-corrected chi connectivity index (χ0v) is 11.5. The number of ketones is 1. The van der Waals surface area contributed by atoms with E-state index in [9.17, 15) is 4.79 Å². The molecule has 0 bridgehead atoms. The summed E-state index contributed by atoms with van der Waals surface area (Å²) in [6.07, 6.45) is 0.520. The van der Waals surface area contributed by atoms with Crippen LogP contribution in [-0.4, -0.2) is 44.5 Å². The second-order valence-electron chi connectivity index (χ2n) is 4.33. The van der Waals surface area contributed by atoms with Crippen molar-refractivity contribution >= 4 is 18.2 Å². The number of fused-ring (bicyclic) bond motifs is 1. The van der Waals surface area contributed by atoms with Crippen molar-refractivity contribution < 1.29 is 14.3 Å². The van der Waals surface area contributed by atoms with Crippen molar-refractivity contribution in [1.82, 2.24) is 4.90 Å². The topological polar surface area (TPSA) is 38.8 Å². The molecule has 0 aromatic heterocycles. The van der Waals surface area contributed by atoms with Crippen LogP contribution in [-0.2, 0) is 0 Å². The molecule has 4 nitrogen and oxygen atoms in total. The zero-order valence-electron chi connectivity index (χ0n) is 10.6. The summed E-state index contributed by atoms with van der Waals surface area (Å²) in [5, 5.41) is 0.